The lowest BCUT2D eigenvalue weighted by Crippen LogP contribution is -2.22. The Labute approximate surface area is 281 Å². The molecule has 0 spiro atoms. The molecule has 6 aromatic rings. The zero-order valence-electron chi connectivity index (χ0n) is 26.6. The molecule has 2 N–H and O–H groups in total. The molecule has 2 atom stereocenters. The standard InChI is InChI=1S/C44H36N2O2/c47-41(39-29-43(39,33-13-5-1-6-14-33)34-15-7-2-8-16-34)45-37-25-21-31(22-26-37)32-23-27-38(28-24-32)46-42(48)40-30-44(40,35-17-9-3-10-18-35)36-19-11-4-12-20-36/h1-28,39-40H,29-30H2,(H,45,47)(H,46,48)/t39-,40-/m0/s1. The van der Waals surface area contributed by atoms with Crippen molar-refractivity contribution in [2.75, 3.05) is 10.6 Å². The van der Waals surface area contributed by atoms with Gasteiger partial charge in [0.1, 0.15) is 0 Å². The molecule has 48 heavy (non-hydrogen) atoms. The van der Waals surface area contributed by atoms with Crippen LogP contribution in [0.2, 0.25) is 0 Å². The van der Waals surface area contributed by atoms with Gasteiger partial charge >= 0.3 is 0 Å². The van der Waals surface area contributed by atoms with Gasteiger partial charge < -0.3 is 10.6 Å². The van der Waals surface area contributed by atoms with Gasteiger partial charge in [0.05, 0.1) is 11.8 Å². The monoisotopic (exact) mass is 624 g/mol. The molecule has 0 radical (unpaired) electrons. The highest BCUT2D eigenvalue weighted by atomic mass is 16.2. The van der Waals surface area contributed by atoms with Crippen molar-refractivity contribution in [3.63, 3.8) is 0 Å². The summed E-state index contributed by atoms with van der Waals surface area (Å²) < 4.78 is 0. The Morgan fingerprint density at radius 1 is 0.396 bits per heavy atom. The normalized spacial score (nSPS) is 18.3. The van der Waals surface area contributed by atoms with Gasteiger partial charge in [0.25, 0.3) is 0 Å². The van der Waals surface area contributed by atoms with E-state index in [-0.39, 0.29) is 34.5 Å². The fourth-order valence-corrected chi connectivity index (χ4v) is 7.66. The Bertz CT molecular complexity index is 1810. The van der Waals surface area contributed by atoms with Gasteiger partial charge in [-0.25, -0.2) is 0 Å². The van der Waals surface area contributed by atoms with Crippen LogP contribution >= 0.6 is 0 Å². The van der Waals surface area contributed by atoms with E-state index in [0.29, 0.717) is 0 Å². The first-order chi connectivity index (χ1) is 23.6. The van der Waals surface area contributed by atoms with E-state index in [9.17, 15) is 9.59 Å². The van der Waals surface area contributed by atoms with Gasteiger partial charge in [0.15, 0.2) is 0 Å². The molecule has 234 valence electrons. The molecule has 0 aromatic heterocycles. The number of carbonyl (C=O) groups excluding carboxylic acids is 2. The number of nitrogens with one attached hydrogen (secondary N) is 2. The smallest absolute Gasteiger partial charge is 0.228 e. The molecule has 2 fully saturated rings. The quantitative estimate of drug-likeness (QED) is 0.169. The van der Waals surface area contributed by atoms with Crippen molar-refractivity contribution < 1.29 is 9.59 Å². The highest BCUT2D eigenvalue weighted by molar-refractivity contribution is 5.98. The number of hydrogen-bond acceptors (Lipinski definition) is 2. The van der Waals surface area contributed by atoms with Gasteiger partial charge in [-0.1, -0.05) is 146 Å². The van der Waals surface area contributed by atoms with Crippen molar-refractivity contribution in [1.82, 2.24) is 0 Å². The van der Waals surface area contributed by atoms with Gasteiger partial charge in [-0.15, -0.1) is 0 Å². The van der Waals surface area contributed by atoms with Crippen LogP contribution in [0, 0.1) is 11.8 Å². The first-order valence-electron chi connectivity index (χ1n) is 16.6. The number of rotatable bonds is 9. The summed E-state index contributed by atoms with van der Waals surface area (Å²) in [7, 11) is 0. The third-order valence-electron chi connectivity index (χ3n) is 10.3. The molecule has 4 heteroatoms. The second-order valence-corrected chi connectivity index (χ2v) is 13.1. The molecular weight excluding hydrogens is 588 g/mol. The summed E-state index contributed by atoms with van der Waals surface area (Å²) in [6, 6.07) is 57.3. The van der Waals surface area contributed by atoms with Crippen molar-refractivity contribution in [3.8, 4) is 11.1 Å². The van der Waals surface area contributed by atoms with Crippen molar-refractivity contribution in [2.45, 2.75) is 23.7 Å². The first-order valence-corrected chi connectivity index (χ1v) is 16.6. The Balaban J connectivity index is 0.927. The summed E-state index contributed by atoms with van der Waals surface area (Å²) in [6.45, 7) is 0. The molecule has 0 unspecified atom stereocenters. The van der Waals surface area contributed by atoms with Crippen molar-refractivity contribution >= 4 is 23.2 Å². The van der Waals surface area contributed by atoms with Crippen molar-refractivity contribution in [1.29, 1.82) is 0 Å². The van der Waals surface area contributed by atoms with Crippen LogP contribution in [-0.2, 0) is 20.4 Å². The highest BCUT2D eigenvalue weighted by Gasteiger charge is 2.61. The van der Waals surface area contributed by atoms with E-state index in [2.05, 4.69) is 59.2 Å². The second-order valence-electron chi connectivity index (χ2n) is 13.1. The zero-order chi connectivity index (χ0) is 32.6. The molecule has 0 heterocycles. The minimum Gasteiger partial charge on any atom is -0.326 e. The number of hydrogen-bond donors (Lipinski definition) is 2. The Kier molecular flexibility index (Phi) is 7.49. The van der Waals surface area contributed by atoms with Gasteiger partial charge in [-0.2, -0.15) is 0 Å². The molecule has 6 aromatic carbocycles. The van der Waals surface area contributed by atoms with Crippen LogP contribution in [0.1, 0.15) is 35.1 Å². The average molecular weight is 625 g/mol. The summed E-state index contributed by atoms with van der Waals surface area (Å²) >= 11 is 0. The van der Waals surface area contributed by atoms with Gasteiger partial charge in [-0.05, 0) is 70.5 Å². The minimum atomic E-state index is -0.298. The van der Waals surface area contributed by atoms with E-state index in [1.807, 2.05) is 121 Å². The molecule has 2 aliphatic carbocycles. The summed E-state index contributed by atoms with van der Waals surface area (Å²) in [5.74, 6) is -0.193. The van der Waals surface area contributed by atoms with Crippen LogP contribution in [0.25, 0.3) is 11.1 Å². The third kappa shape index (κ3) is 5.29. The molecule has 2 aliphatic rings. The van der Waals surface area contributed by atoms with E-state index in [1.165, 1.54) is 22.3 Å². The number of amides is 2. The summed E-state index contributed by atoms with van der Waals surface area (Å²) in [6.07, 6.45) is 1.57. The number of benzene rings is 6. The minimum absolute atomic E-state index is 0.0368. The lowest BCUT2D eigenvalue weighted by atomic mass is 9.85. The Hall–Kier alpha value is -5.74. The van der Waals surface area contributed by atoms with Gasteiger partial charge in [-0.3, -0.25) is 9.59 Å². The zero-order valence-corrected chi connectivity index (χ0v) is 26.6. The van der Waals surface area contributed by atoms with Gasteiger partial charge in [0.2, 0.25) is 11.8 Å². The second kappa shape index (κ2) is 12.1. The summed E-state index contributed by atoms with van der Waals surface area (Å²) in [5.41, 5.74) is 7.74. The van der Waals surface area contributed by atoms with Gasteiger partial charge in [0, 0.05) is 22.2 Å². The van der Waals surface area contributed by atoms with Crippen LogP contribution in [-0.4, -0.2) is 11.8 Å². The summed E-state index contributed by atoms with van der Waals surface area (Å²) in [5, 5.41) is 6.34. The third-order valence-corrected chi connectivity index (χ3v) is 10.3. The van der Waals surface area contributed by atoms with Crippen LogP contribution < -0.4 is 10.6 Å². The van der Waals surface area contributed by atoms with E-state index < -0.39 is 0 Å². The molecule has 8 rings (SSSR count). The maximum Gasteiger partial charge on any atom is 0.228 e. The number of carbonyl (C=O) groups is 2. The maximum absolute atomic E-state index is 13.5. The fourth-order valence-electron chi connectivity index (χ4n) is 7.66. The molecular formula is C44H36N2O2. The molecule has 4 nitrogen and oxygen atoms in total. The van der Waals surface area contributed by atoms with E-state index >= 15 is 0 Å². The highest BCUT2D eigenvalue weighted by Crippen LogP contribution is 2.60. The molecule has 0 aliphatic heterocycles. The molecule has 0 bridgehead atoms. The van der Waals surface area contributed by atoms with Crippen LogP contribution in [0.5, 0.6) is 0 Å². The first kappa shape index (κ1) is 29.6. The maximum atomic E-state index is 13.5. The van der Waals surface area contributed by atoms with Crippen molar-refractivity contribution in [3.05, 3.63) is 192 Å². The predicted molar refractivity (Wildman–Crippen MR) is 193 cm³/mol. The van der Waals surface area contributed by atoms with E-state index in [1.54, 1.807) is 0 Å². The largest absolute Gasteiger partial charge is 0.326 e. The van der Waals surface area contributed by atoms with Crippen LogP contribution in [0.15, 0.2) is 170 Å². The molecule has 2 amide bonds. The lowest BCUT2D eigenvalue weighted by molar-refractivity contribution is -0.118. The van der Waals surface area contributed by atoms with E-state index in [0.717, 1.165) is 35.3 Å². The van der Waals surface area contributed by atoms with E-state index in [4.69, 9.17) is 0 Å². The van der Waals surface area contributed by atoms with Crippen LogP contribution in [0.3, 0.4) is 0 Å². The fraction of sp³-hybridized carbons (Fsp3) is 0.136. The SMILES string of the molecule is O=C(Nc1ccc(-c2ccc(NC(=O)[C@@H]3CC3(c3ccccc3)c3ccccc3)cc2)cc1)[C@@H]1CC1(c1ccccc1)c1ccccc1. The average Bonchev–Trinajstić information content (AvgIpc) is 4.08. The van der Waals surface area contributed by atoms with Crippen molar-refractivity contribution in [2.24, 2.45) is 11.8 Å². The Morgan fingerprint density at radius 3 is 0.938 bits per heavy atom. The topological polar surface area (TPSA) is 58.2 Å². The molecule has 0 saturated heterocycles. The van der Waals surface area contributed by atoms with Crippen LogP contribution in [0.4, 0.5) is 11.4 Å². The summed E-state index contributed by atoms with van der Waals surface area (Å²) in [4.78, 5) is 27.1. The Morgan fingerprint density at radius 2 is 0.667 bits per heavy atom. The molecule has 2 saturated carbocycles. The lowest BCUT2D eigenvalue weighted by Gasteiger charge is -2.19. The number of anilines is 2. The predicted octanol–water partition coefficient (Wildman–Crippen LogP) is 9.24.